The number of hydrogen-bond acceptors (Lipinski definition) is 4. The number of aryl methyl sites for hydroxylation is 2. The summed E-state index contributed by atoms with van der Waals surface area (Å²) in [7, 11) is 0. The average molecular weight is 280 g/mol. The first-order chi connectivity index (χ1) is 8.74. The Morgan fingerprint density at radius 1 is 1.44 bits per heavy atom. The molecule has 1 aromatic heterocycles. The van der Waals surface area contributed by atoms with Gasteiger partial charge < -0.3 is 4.90 Å². The van der Waals surface area contributed by atoms with E-state index in [9.17, 15) is 0 Å². The van der Waals surface area contributed by atoms with Crippen molar-refractivity contribution in [3.8, 4) is 0 Å². The van der Waals surface area contributed by atoms with E-state index in [1.807, 2.05) is 0 Å². The van der Waals surface area contributed by atoms with E-state index in [1.54, 1.807) is 0 Å². The summed E-state index contributed by atoms with van der Waals surface area (Å²) in [5.74, 6) is 0. The van der Waals surface area contributed by atoms with Crippen LogP contribution in [0.15, 0.2) is 18.2 Å². The summed E-state index contributed by atoms with van der Waals surface area (Å²) in [6.45, 7) is 3.95. The number of fused-ring (bicyclic) bond motifs is 1. The van der Waals surface area contributed by atoms with Crippen LogP contribution in [0.3, 0.4) is 0 Å². The molecule has 0 bridgehead atoms. The molecular weight excluding hydrogens is 266 g/mol. The van der Waals surface area contributed by atoms with Crippen LogP contribution in [-0.4, -0.2) is 16.1 Å². The van der Waals surface area contributed by atoms with E-state index in [1.165, 1.54) is 34.8 Å². The lowest BCUT2D eigenvalue weighted by molar-refractivity contribution is 0.682. The highest BCUT2D eigenvalue weighted by atomic mass is 35.5. The topological polar surface area (TPSA) is 29.0 Å². The van der Waals surface area contributed by atoms with Crippen LogP contribution in [0.1, 0.15) is 23.2 Å². The van der Waals surface area contributed by atoms with Gasteiger partial charge in [-0.1, -0.05) is 33.8 Å². The van der Waals surface area contributed by atoms with Gasteiger partial charge in [0, 0.05) is 23.8 Å². The quantitative estimate of drug-likeness (QED) is 0.843. The molecule has 0 unspecified atom stereocenters. The van der Waals surface area contributed by atoms with E-state index in [2.05, 4.69) is 39.6 Å². The molecule has 0 saturated heterocycles. The number of halogens is 1. The van der Waals surface area contributed by atoms with E-state index < -0.39 is 0 Å². The summed E-state index contributed by atoms with van der Waals surface area (Å²) in [6, 6.07) is 6.65. The van der Waals surface area contributed by atoms with Gasteiger partial charge in [-0.25, -0.2) is 0 Å². The third-order valence-corrected chi connectivity index (χ3v) is 4.28. The zero-order chi connectivity index (χ0) is 12.5. The molecule has 0 N–H and O–H groups in total. The SMILES string of the molecule is Cc1ccc2c(c1)CCCN2Cc1nnsc1Cl. The minimum absolute atomic E-state index is 0.703. The van der Waals surface area contributed by atoms with Gasteiger partial charge in [-0.3, -0.25) is 0 Å². The second-order valence-electron chi connectivity index (χ2n) is 4.65. The van der Waals surface area contributed by atoms with Gasteiger partial charge in [-0.05, 0) is 31.4 Å². The molecule has 2 aromatic rings. The van der Waals surface area contributed by atoms with Gasteiger partial charge >= 0.3 is 0 Å². The van der Waals surface area contributed by atoms with Crippen molar-refractivity contribution in [1.29, 1.82) is 0 Å². The molecule has 18 heavy (non-hydrogen) atoms. The maximum atomic E-state index is 6.08. The van der Waals surface area contributed by atoms with Gasteiger partial charge in [0.05, 0.1) is 6.54 Å². The van der Waals surface area contributed by atoms with Crippen LogP contribution in [0, 0.1) is 6.92 Å². The Labute approximate surface area is 116 Å². The fourth-order valence-electron chi connectivity index (χ4n) is 2.44. The first-order valence-corrected chi connectivity index (χ1v) is 7.20. The van der Waals surface area contributed by atoms with Gasteiger partial charge in [-0.15, -0.1) is 5.10 Å². The zero-order valence-electron chi connectivity index (χ0n) is 10.2. The van der Waals surface area contributed by atoms with E-state index in [4.69, 9.17) is 11.6 Å². The largest absolute Gasteiger partial charge is 0.365 e. The van der Waals surface area contributed by atoms with Gasteiger partial charge in [0.2, 0.25) is 0 Å². The third kappa shape index (κ3) is 2.22. The number of hydrogen-bond donors (Lipinski definition) is 0. The van der Waals surface area contributed by atoms with Crippen LogP contribution in [0.5, 0.6) is 0 Å². The van der Waals surface area contributed by atoms with E-state index in [0.717, 1.165) is 25.2 Å². The van der Waals surface area contributed by atoms with Gasteiger partial charge in [0.15, 0.2) is 0 Å². The average Bonchev–Trinajstić information content (AvgIpc) is 2.75. The maximum Gasteiger partial charge on any atom is 0.139 e. The number of anilines is 1. The molecule has 0 saturated carbocycles. The third-order valence-electron chi connectivity index (χ3n) is 3.30. The standard InChI is InChI=1S/C13H14ClN3S/c1-9-4-5-12-10(7-9)3-2-6-17(12)8-11-13(14)18-16-15-11/h4-5,7H,2-3,6,8H2,1H3. The van der Waals surface area contributed by atoms with Crippen molar-refractivity contribution in [2.75, 3.05) is 11.4 Å². The maximum absolute atomic E-state index is 6.08. The zero-order valence-corrected chi connectivity index (χ0v) is 11.8. The second-order valence-corrected chi connectivity index (χ2v) is 6.01. The first-order valence-electron chi connectivity index (χ1n) is 6.05. The fourth-order valence-corrected chi connectivity index (χ4v) is 3.05. The van der Waals surface area contributed by atoms with Crippen molar-refractivity contribution >= 4 is 28.8 Å². The molecule has 1 aliphatic rings. The van der Waals surface area contributed by atoms with E-state index >= 15 is 0 Å². The highest BCUT2D eigenvalue weighted by Gasteiger charge is 2.19. The van der Waals surface area contributed by atoms with Crippen LogP contribution in [0.4, 0.5) is 5.69 Å². The molecule has 3 rings (SSSR count). The smallest absolute Gasteiger partial charge is 0.139 e. The van der Waals surface area contributed by atoms with Gasteiger partial charge in [-0.2, -0.15) is 0 Å². The molecule has 0 amide bonds. The number of rotatable bonds is 2. The molecular formula is C13H14ClN3S. The Morgan fingerprint density at radius 3 is 3.11 bits per heavy atom. The Morgan fingerprint density at radius 2 is 2.33 bits per heavy atom. The molecule has 1 aliphatic heterocycles. The molecule has 3 nitrogen and oxygen atoms in total. The Bertz CT molecular complexity index is 567. The summed E-state index contributed by atoms with van der Waals surface area (Å²) in [5.41, 5.74) is 4.95. The second kappa shape index (κ2) is 4.86. The molecule has 94 valence electrons. The van der Waals surface area contributed by atoms with E-state index in [0.29, 0.717) is 4.34 Å². The Kier molecular flexibility index (Phi) is 3.22. The van der Waals surface area contributed by atoms with Crippen molar-refractivity contribution in [1.82, 2.24) is 9.59 Å². The molecule has 1 aromatic carbocycles. The summed E-state index contributed by atoms with van der Waals surface area (Å²) in [4.78, 5) is 2.35. The van der Waals surface area contributed by atoms with Crippen LogP contribution in [0.2, 0.25) is 4.34 Å². The van der Waals surface area contributed by atoms with Crippen molar-refractivity contribution in [2.45, 2.75) is 26.3 Å². The highest BCUT2D eigenvalue weighted by molar-refractivity contribution is 7.10. The van der Waals surface area contributed by atoms with Crippen molar-refractivity contribution in [3.05, 3.63) is 39.4 Å². The lowest BCUT2D eigenvalue weighted by atomic mass is 9.99. The van der Waals surface area contributed by atoms with Gasteiger partial charge in [0.25, 0.3) is 0 Å². The van der Waals surface area contributed by atoms with Crippen molar-refractivity contribution in [3.63, 3.8) is 0 Å². The molecule has 0 radical (unpaired) electrons. The van der Waals surface area contributed by atoms with Crippen LogP contribution < -0.4 is 4.90 Å². The monoisotopic (exact) mass is 279 g/mol. The molecule has 0 aliphatic carbocycles. The number of benzene rings is 1. The number of aromatic nitrogens is 2. The Balaban J connectivity index is 1.90. The molecule has 0 fully saturated rings. The predicted octanol–water partition coefficient (Wildman–Crippen LogP) is 3.45. The molecule has 0 spiro atoms. The number of nitrogens with zero attached hydrogens (tertiary/aromatic N) is 3. The van der Waals surface area contributed by atoms with Crippen LogP contribution >= 0.6 is 23.1 Å². The minimum Gasteiger partial charge on any atom is -0.365 e. The molecule has 2 heterocycles. The lowest BCUT2D eigenvalue weighted by Gasteiger charge is -2.31. The van der Waals surface area contributed by atoms with Crippen molar-refractivity contribution < 1.29 is 0 Å². The first kappa shape index (κ1) is 11.9. The fraction of sp³-hybridized carbons (Fsp3) is 0.385. The molecule has 5 heteroatoms. The summed E-state index contributed by atoms with van der Waals surface area (Å²) in [6.07, 6.45) is 2.35. The summed E-state index contributed by atoms with van der Waals surface area (Å²) in [5, 5.41) is 4.10. The van der Waals surface area contributed by atoms with Crippen LogP contribution in [0.25, 0.3) is 0 Å². The minimum atomic E-state index is 0.703. The van der Waals surface area contributed by atoms with Gasteiger partial charge in [0.1, 0.15) is 10.0 Å². The lowest BCUT2D eigenvalue weighted by Crippen LogP contribution is -2.29. The van der Waals surface area contributed by atoms with Crippen molar-refractivity contribution in [2.24, 2.45) is 0 Å². The highest BCUT2D eigenvalue weighted by Crippen LogP contribution is 2.30. The normalized spacial score (nSPS) is 14.7. The summed E-state index contributed by atoms with van der Waals surface area (Å²) >= 11 is 7.33. The molecule has 0 atom stereocenters. The van der Waals surface area contributed by atoms with Crippen LogP contribution in [-0.2, 0) is 13.0 Å². The predicted molar refractivity (Wildman–Crippen MR) is 75.5 cm³/mol. The van der Waals surface area contributed by atoms with E-state index in [-0.39, 0.29) is 0 Å². The summed E-state index contributed by atoms with van der Waals surface area (Å²) < 4.78 is 4.59. The Hall–Kier alpha value is -1.13.